The van der Waals surface area contributed by atoms with Gasteiger partial charge in [-0.2, -0.15) is 18.4 Å². The van der Waals surface area contributed by atoms with E-state index in [1.807, 2.05) is 6.92 Å². The molecule has 2 nitrogen and oxygen atoms in total. The zero-order chi connectivity index (χ0) is 13.3. The summed E-state index contributed by atoms with van der Waals surface area (Å²) in [4.78, 5) is 2.43. The lowest BCUT2D eigenvalue weighted by molar-refractivity contribution is -0.141. The molecule has 0 amide bonds. The summed E-state index contributed by atoms with van der Waals surface area (Å²) in [6.07, 6.45) is -4.07. The first-order valence-corrected chi connectivity index (χ1v) is 5.55. The number of rotatable bonds is 2. The number of aryl methyl sites for hydroxylation is 1. The highest BCUT2D eigenvalue weighted by Crippen LogP contribution is 2.36. The minimum Gasteiger partial charge on any atom is -0.351 e. The lowest BCUT2D eigenvalue weighted by atomic mass is 10.0. The molecule has 0 aliphatic heterocycles. The zero-order valence-electron chi connectivity index (χ0n) is 9.73. The minimum absolute atomic E-state index is 0.0373. The highest BCUT2D eigenvalue weighted by molar-refractivity contribution is 5.88. The van der Waals surface area contributed by atoms with Gasteiger partial charge in [-0.15, -0.1) is 0 Å². The molecule has 0 aliphatic carbocycles. The highest BCUT2D eigenvalue weighted by atomic mass is 19.4. The lowest BCUT2D eigenvalue weighted by Gasteiger charge is -2.05. The van der Waals surface area contributed by atoms with E-state index in [0.29, 0.717) is 17.3 Å². The van der Waals surface area contributed by atoms with Crippen LogP contribution in [0.15, 0.2) is 18.2 Å². The Kier molecular flexibility index (Phi) is 3.04. The van der Waals surface area contributed by atoms with Crippen LogP contribution in [0.2, 0.25) is 0 Å². The monoisotopic (exact) mass is 252 g/mol. The van der Waals surface area contributed by atoms with Crippen LogP contribution in [0.25, 0.3) is 10.9 Å². The molecule has 0 saturated carbocycles. The summed E-state index contributed by atoms with van der Waals surface area (Å²) in [5, 5.41) is 9.17. The second-order valence-corrected chi connectivity index (χ2v) is 4.00. The number of nitriles is 1. The summed E-state index contributed by atoms with van der Waals surface area (Å²) in [6.45, 7) is 1.88. The Balaban J connectivity index is 2.79. The molecule has 1 heterocycles. The van der Waals surface area contributed by atoms with Crippen LogP contribution in [0.4, 0.5) is 13.2 Å². The van der Waals surface area contributed by atoms with Crippen molar-refractivity contribution >= 4 is 10.9 Å². The number of fused-ring (bicyclic) bond motifs is 1. The maximum absolute atomic E-state index is 12.9. The van der Waals surface area contributed by atoms with Crippen LogP contribution in [0, 0.1) is 11.3 Å². The molecular weight excluding hydrogens is 241 g/mol. The van der Waals surface area contributed by atoms with Crippen molar-refractivity contribution in [1.82, 2.24) is 4.98 Å². The predicted octanol–water partition coefficient (Wildman–Crippen LogP) is 3.82. The molecule has 2 rings (SSSR count). The van der Waals surface area contributed by atoms with Crippen LogP contribution in [-0.2, 0) is 19.0 Å². The quantitative estimate of drug-likeness (QED) is 0.867. The summed E-state index contributed by atoms with van der Waals surface area (Å²) < 4.78 is 38.7. The highest BCUT2D eigenvalue weighted by Gasteiger charge is 2.36. The van der Waals surface area contributed by atoms with Gasteiger partial charge in [-0.05, 0) is 12.0 Å². The third-order valence-corrected chi connectivity index (χ3v) is 2.95. The van der Waals surface area contributed by atoms with E-state index < -0.39 is 11.9 Å². The van der Waals surface area contributed by atoms with E-state index >= 15 is 0 Å². The van der Waals surface area contributed by atoms with Gasteiger partial charge in [0.15, 0.2) is 0 Å². The first kappa shape index (κ1) is 12.5. The number of hydrogen-bond acceptors (Lipinski definition) is 1. The van der Waals surface area contributed by atoms with Crippen molar-refractivity contribution in [1.29, 1.82) is 5.26 Å². The first-order valence-electron chi connectivity index (χ1n) is 5.55. The SMILES string of the molecule is CCc1cccc2c(CC#N)c(C(F)(F)F)[nH]c12. The van der Waals surface area contributed by atoms with Crippen molar-refractivity contribution in [2.24, 2.45) is 0 Å². The molecule has 1 N–H and O–H groups in total. The van der Waals surface area contributed by atoms with Gasteiger partial charge >= 0.3 is 6.18 Å². The Bertz CT molecular complexity index is 617. The molecule has 0 aliphatic rings. The molecule has 0 unspecified atom stereocenters. The third kappa shape index (κ3) is 1.94. The number of nitrogens with one attached hydrogen (secondary N) is 1. The smallest absolute Gasteiger partial charge is 0.351 e. The number of aromatic nitrogens is 1. The fraction of sp³-hybridized carbons (Fsp3) is 0.308. The molecule has 0 spiro atoms. The summed E-state index contributed by atoms with van der Waals surface area (Å²) in [5.41, 5.74) is 0.537. The number of H-pyrrole nitrogens is 1. The van der Waals surface area contributed by atoms with Crippen molar-refractivity contribution in [3.05, 3.63) is 35.0 Å². The largest absolute Gasteiger partial charge is 0.431 e. The van der Waals surface area contributed by atoms with Gasteiger partial charge in [0.1, 0.15) is 5.69 Å². The van der Waals surface area contributed by atoms with Crippen molar-refractivity contribution in [2.45, 2.75) is 25.9 Å². The maximum Gasteiger partial charge on any atom is 0.431 e. The summed E-state index contributed by atoms with van der Waals surface area (Å²) in [7, 11) is 0. The van der Waals surface area contributed by atoms with E-state index in [1.165, 1.54) is 0 Å². The fourth-order valence-corrected chi connectivity index (χ4v) is 2.13. The zero-order valence-corrected chi connectivity index (χ0v) is 9.73. The Morgan fingerprint density at radius 1 is 1.33 bits per heavy atom. The Labute approximate surface area is 102 Å². The molecule has 5 heteroatoms. The number of hydrogen-bond donors (Lipinski definition) is 1. The number of alkyl halides is 3. The Morgan fingerprint density at radius 3 is 2.61 bits per heavy atom. The molecular formula is C13H11F3N2. The molecule has 18 heavy (non-hydrogen) atoms. The fourth-order valence-electron chi connectivity index (χ4n) is 2.13. The van der Waals surface area contributed by atoms with Gasteiger partial charge in [-0.25, -0.2) is 0 Å². The van der Waals surface area contributed by atoms with Crippen LogP contribution in [0.5, 0.6) is 0 Å². The Hall–Kier alpha value is -1.96. The molecule has 0 radical (unpaired) electrons. The maximum atomic E-state index is 12.9. The molecule has 94 valence electrons. The predicted molar refractivity (Wildman–Crippen MR) is 62.0 cm³/mol. The van der Waals surface area contributed by atoms with Crippen LogP contribution < -0.4 is 0 Å². The lowest BCUT2D eigenvalue weighted by Crippen LogP contribution is -2.08. The molecule has 0 bridgehead atoms. The average Bonchev–Trinajstić information content (AvgIpc) is 2.68. The van der Waals surface area contributed by atoms with Crippen LogP contribution in [-0.4, -0.2) is 4.98 Å². The van der Waals surface area contributed by atoms with Crippen molar-refractivity contribution in [3.8, 4) is 6.07 Å². The molecule has 1 aromatic carbocycles. The van der Waals surface area contributed by atoms with Gasteiger partial charge in [-0.1, -0.05) is 25.1 Å². The number of aromatic amines is 1. The van der Waals surface area contributed by atoms with E-state index in [2.05, 4.69) is 4.98 Å². The second kappa shape index (κ2) is 4.37. The number of halogens is 3. The van der Waals surface area contributed by atoms with Crippen LogP contribution in [0.3, 0.4) is 0 Å². The van der Waals surface area contributed by atoms with Gasteiger partial charge < -0.3 is 4.98 Å². The van der Waals surface area contributed by atoms with E-state index in [0.717, 1.165) is 5.56 Å². The van der Waals surface area contributed by atoms with Crippen LogP contribution in [0.1, 0.15) is 23.7 Å². The second-order valence-electron chi connectivity index (χ2n) is 4.00. The molecule has 1 aromatic heterocycles. The molecule has 0 atom stereocenters. The average molecular weight is 252 g/mol. The van der Waals surface area contributed by atoms with Gasteiger partial charge in [0.25, 0.3) is 0 Å². The van der Waals surface area contributed by atoms with Crippen molar-refractivity contribution in [3.63, 3.8) is 0 Å². The Morgan fingerprint density at radius 2 is 2.06 bits per heavy atom. The number of nitrogens with zero attached hydrogens (tertiary/aromatic N) is 1. The molecule has 0 saturated heterocycles. The van der Waals surface area contributed by atoms with Gasteiger partial charge in [0.2, 0.25) is 0 Å². The van der Waals surface area contributed by atoms with Gasteiger partial charge in [0.05, 0.1) is 12.5 Å². The molecule has 0 fully saturated rings. The first-order chi connectivity index (χ1) is 8.49. The van der Waals surface area contributed by atoms with E-state index in [9.17, 15) is 13.2 Å². The van der Waals surface area contributed by atoms with E-state index in [1.54, 1.807) is 24.3 Å². The van der Waals surface area contributed by atoms with Gasteiger partial charge in [-0.3, -0.25) is 0 Å². The number of para-hydroxylation sites is 1. The molecule has 2 aromatic rings. The third-order valence-electron chi connectivity index (χ3n) is 2.95. The van der Waals surface area contributed by atoms with E-state index in [4.69, 9.17) is 5.26 Å². The van der Waals surface area contributed by atoms with Gasteiger partial charge in [0, 0.05) is 16.5 Å². The standard InChI is InChI=1S/C13H11F3N2/c1-2-8-4-3-5-9-10(6-7-17)12(13(14,15)16)18-11(8)9/h3-5,18H,2,6H2,1H3. The summed E-state index contributed by atoms with van der Waals surface area (Å²) in [6, 6.07) is 6.92. The number of benzene rings is 1. The minimum atomic E-state index is -4.46. The summed E-state index contributed by atoms with van der Waals surface area (Å²) in [5.74, 6) is 0. The van der Waals surface area contributed by atoms with E-state index in [-0.39, 0.29) is 12.0 Å². The summed E-state index contributed by atoms with van der Waals surface area (Å²) >= 11 is 0. The van der Waals surface area contributed by atoms with Crippen LogP contribution >= 0.6 is 0 Å². The van der Waals surface area contributed by atoms with Crippen molar-refractivity contribution in [2.75, 3.05) is 0 Å². The topological polar surface area (TPSA) is 39.6 Å². The van der Waals surface area contributed by atoms with Crippen molar-refractivity contribution < 1.29 is 13.2 Å². The normalized spacial score (nSPS) is 11.7.